The van der Waals surface area contributed by atoms with Crippen molar-refractivity contribution in [1.29, 1.82) is 0 Å². The van der Waals surface area contributed by atoms with Gasteiger partial charge >= 0.3 is 11.9 Å². The first-order valence-corrected chi connectivity index (χ1v) is 7.10. The Bertz CT molecular complexity index is 590. The topological polar surface area (TPSA) is 72.9 Å². The van der Waals surface area contributed by atoms with Gasteiger partial charge in [-0.15, -0.1) is 0 Å². The fourth-order valence-electron chi connectivity index (χ4n) is 2.59. The SMILES string of the molecule is CC(=O)OCC(=O)N(c1c(C)cccc1C)C1CCOC1=O. The number of hydrogen-bond acceptors (Lipinski definition) is 5. The maximum Gasteiger partial charge on any atom is 0.329 e. The summed E-state index contributed by atoms with van der Waals surface area (Å²) < 4.78 is 9.78. The summed E-state index contributed by atoms with van der Waals surface area (Å²) in [5.74, 6) is -1.40. The highest BCUT2D eigenvalue weighted by molar-refractivity contribution is 6.02. The van der Waals surface area contributed by atoms with E-state index >= 15 is 0 Å². The number of esters is 2. The monoisotopic (exact) mass is 305 g/mol. The van der Waals surface area contributed by atoms with Gasteiger partial charge in [-0.1, -0.05) is 18.2 Å². The fraction of sp³-hybridized carbons (Fsp3) is 0.438. The molecule has 0 N–H and O–H groups in total. The third-order valence-electron chi connectivity index (χ3n) is 3.57. The van der Waals surface area contributed by atoms with Crippen molar-refractivity contribution in [3.8, 4) is 0 Å². The summed E-state index contributed by atoms with van der Waals surface area (Å²) in [5, 5.41) is 0. The molecule has 1 heterocycles. The van der Waals surface area contributed by atoms with E-state index in [0.29, 0.717) is 12.1 Å². The average Bonchev–Trinajstić information content (AvgIpc) is 2.86. The van der Waals surface area contributed by atoms with Crippen molar-refractivity contribution >= 4 is 23.5 Å². The van der Waals surface area contributed by atoms with Crippen molar-refractivity contribution in [3.05, 3.63) is 29.3 Å². The summed E-state index contributed by atoms with van der Waals surface area (Å²) in [6, 6.07) is 4.95. The first-order chi connectivity index (χ1) is 10.4. The molecule has 6 nitrogen and oxygen atoms in total. The summed E-state index contributed by atoms with van der Waals surface area (Å²) in [7, 11) is 0. The minimum absolute atomic E-state index is 0.284. The maximum atomic E-state index is 12.5. The number of rotatable bonds is 4. The number of nitrogens with zero attached hydrogens (tertiary/aromatic N) is 1. The van der Waals surface area contributed by atoms with E-state index in [2.05, 4.69) is 0 Å². The van der Waals surface area contributed by atoms with Crippen molar-refractivity contribution in [1.82, 2.24) is 0 Å². The molecule has 1 saturated heterocycles. The van der Waals surface area contributed by atoms with Gasteiger partial charge in [0, 0.05) is 13.3 Å². The van der Waals surface area contributed by atoms with Crippen LogP contribution in [0.3, 0.4) is 0 Å². The van der Waals surface area contributed by atoms with Gasteiger partial charge in [-0.2, -0.15) is 0 Å². The molecule has 2 rings (SSSR count). The highest BCUT2D eigenvalue weighted by Crippen LogP contribution is 2.29. The number of anilines is 1. The Labute approximate surface area is 129 Å². The number of aryl methyl sites for hydroxylation is 2. The van der Waals surface area contributed by atoms with Crippen LogP contribution in [0.5, 0.6) is 0 Å². The van der Waals surface area contributed by atoms with Crippen LogP contribution in [-0.4, -0.2) is 37.1 Å². The molecule has 0 saturated carbocycles. The average molecular weight is 305 g/mol. The van der Waals surface area contributed by atoms with Crippen LogP contribution >= 0.6 is 0 Å². The molecule has 1 amide bonds. The lowest BCUT2D eigenvalue weighted by atomic mass is 10.0. The number of carbonyl (C=O) groups excluding carboxylic acids is 3. The van der Waals surface area contributed by atoms with Gasteiger partial charge in [0.15, 0.2) is 6.61 Å². The summed E-state index contributed by atoms with van der Waals surface area (Å²) >= 11 is 0. The molecule has 1 aliphatic heterocycles. The van der Waals surface area contributed by atoms with Crippen molar-refractivity contribution in [3.63, 3.8) is 0 Å². The number of para-hydroxylation sites is 1. The van der Waals surface area contributed by atoms with Gasteiger partial charge in [0.2, 0.25) is 0 Å². The van der Waals surface area contributed by atoms with Gasteiger partial charge in [-0.05, 0) is 25.0 Å². The molecule has 1 fully saturated rings. The summed E-state index contributed by atoms with van der Waals surface area (Å²) in [6.45, 7) is 4.86. The molecule has 1 aromatic carbocycles. The van der Waals surface area contributed by atoms with Gasteiger partial charge in [0.25, 0.3) is 5.91 Å². The fourth-order valence-corrected chi connectivity index (χ4v) is 2.59. The third kappa shape index (κ3) is 3.27. The second-order valence-corrected chi connectivity index (χ2v) is 5.26. The van der Waals surface area contributed by atoms with E-state index in [-0.39, 0.29) is 6.61 Å². The van der Waals surface area contributed by atoms with Crippen LogP contribution in [0.2, 0.25) is 0 Å². The predicted octanol–water partition coefficient (Wildman–Crippen LogP) is 1.52. The summed E-state index contributed by atoms with van der Waals surface area (Å²) in [6.07, 6.45) is 0.429. The van der Waals surface area contributed by atoms with Gasteiger partial charge in [0.05, 0.1) is 12.3 Å². The van der Waals surface area contributed by atoms with Crippen LogP contribution in [0.15, 0.2) is 18.2 Å². The molecule has 1 aliphatic rings. The van der Waals surface area contributed by atoms with E-state index in [0.717, 1.165) is 11.1 Å². The molecule has 22 heavy (non-hydrogen) atoms. The predicted molar refractivity (Wildman–Crippen MR) is 79.4 cm³/mol. The van der Waals surface area contributed by atoms with E-state index in [1.165, 1.54) is 11.8 Å². The molecule has 1 aromatic rings. The van der Waals surface area contributed by atoms with E-state index in [1.807, 2.05) is 32.0 Å². The quantitative estimate of drug-likeness (QED) is 0.789. The van der Waals surface area contributed by atoms with Crippen molar-refractivity contribution in [2.45, 2.75) is 33.2 Å². The minimum atomic E-state index is -0.678. The lowest BCUT2D eigenvalue weighted by Crippen LogP contribution is -2.46. The van der Waals surface area contributed by atoms with Crippen molar-refractivity contribution in [2.24, 2.45) is 0 Å². The Balaban J connectivity index is 2.39. The molecular weight excluding hydrogens is 286 g/mol. The lowest BCUT2D eigenvalue weighted by Gasteiger charge is -2.29. The number of hydrogen-bond donors (Lipinski definition) is 0. The third-order valence-corrected chi connectivity index (χ3v) is 3.57. The van der Waals surface area contributed by atoms with Crippen LogP contribution in [0.4, 0.5) is 5.69 Å². The van der Waals surface area contributed by atoms with Gasteiger partial charge in [-0.25, -0.2) is 4.79 Å². The van der Waals surface area contributed by atoms with Crippen LogP contribution in [0.25, 0.3) is 0 Å². The van der Waals surface area contributed by atoms with Gasteiger partial charge in [-0.3, -0.25) is 14.5 Å². The molecule has 0 spiro atoms. The second kappa shape index (κ2) is 6.60. The zero-order chi connectivity index (χ0) is 16.3. The smallest absolute Gasteiger partial charge is 0.329 e. The largest absolute Gasteiger partial charge is 0.464 e. The van der Waals surface area contributed by atoms with Crippen LogP contribution < -0.4 is 4.90 Å². The number of ether oxygens (including phenoxy) is 2. The van der Waals surface area contributed by atoms with E-state index in [9.17, 15) is 14.4 Å². The molecule has 0 radical (unpaired) electrons. The van der Waals surface area contributed by atoms with Crippen molar-refractivity contribution < 1.29 is 23.9 Å². The van der Waals surface area contributed by atoms with Crippen LogP contribution in [0.1, 0.15) is 24.5 Å². The molecule has 1 unspecified atom stereocenters. The summed E-state index contributed by atoms with van der Waals surface area (Å²) in [4.78, 5) is 36.8. The Kier molecular flexibility index (Phi) is 4.80. The Morgan fingerprint density at radius 2 is 1.95 bits per heavy atom. The Morgan fingerprint density at radius 3 is 2.45 bits per heavy atom. The normalized spacial score (nSPS) is 17.0. The minimum Gasteiger partial charge on any atom is -0.464 e. The highest BCUT2D eigenvalue weighted by atomic mass is 16.5. The van der Waals surface area contributed by atoms with Gasteiger partial charge < -0.3 is 9.47 Å². The molecular formula is C16H19NO5. The lowest BCUT2D eigenvalue weighted by molar-refractivity contribution is -0.146. The molecule has 6 heteroatoms. The zero-order valence-corrected chi connectivity index (χ0v) is 12.9. The van der Waals surface area contributed by atoms with E-state index in [4.69, 9.17) is 9.47 Å². The number of benzene rings is 1. The number of cyclic esters (lactones) is 1. The molecule has 118 valence electrons. The first-order valence-electron chi connectivity index (χ1n) is 7.10. The standard InChI is InChI=1S/C16H19NO5/c1-10-5-4-6-11(2)15(10)17(13-7-8-21-16(13)20)14(19)9-22-12(3)18/h4-6,13H,7-9H2,1-3H3. The van der Waals surface area contributed by atoms with Gasteiger partial charge in [0.1, 0.15) is 6.04 Å². The molecule has 0 aromatic heterocycles. The van der Waals surface area contributed by atoms with E-state index < -0.39 is 30.5 Å². The maximum absolute atomic E-state index is 12.5. The second-order valence-electron chi connectivity index (χ2n) is 5.26. The summed E-state index contributed by atoms with van der Waals surface area (Å²) in [5.41, 5.74) is 2.41. The molecule has 0 bridgehead atoms. The zero-order valence-electron chi connectivity index (χ0n) is 12.9. The molecule has 0 aliphatic carbocycles. The Morgan fingerprint density at radius 1 is 1.32 bits per heavy atom. The first kappa shape index (κ1) is 16.0. The van der Waals surface area contributed by atoms with E-state index in [1.54, 1.807) is 0 Å². The Hall–Kier alpha value is -2.37. The number of carbonyl (C=O) groups is 3. The number of amides is 1. The van der Waals surface area contributed by atoms with Crippen LogP contribution in [0, 0.1) is 13.8 Å². The van der Waals surface area contributed by atoms with Crippen LogP contribution in [-0.2, 0) is 23.9 Å². The molecule has 1 atom stereocenters. The van der Waals surface area contributed by atoms with Crippen molar-refractivity contribution in [2.75, 3.05) is 18.1 Å². The highest BCUT2D eigenvalue weighted by Gasteiger charge is 2.37.